The molecule has 3 amide bonds. The van der Waals surface area contributed by atoms with Gasteiger partial charge in [-0.15, -0.1) is 0 Å². The molecular weight excluding hydrogens is 458 g/mol. The van der Waals surface area contributed by atoms with Gasteiger partial charge < -0.3 is 15.5 Å². The molecule has 2 saturated heterocycles. The van der Waals surface area contributed by atoms with Crippen LogP contribution in [0.5, 0.6) is 0 Å². The van der Waals surface area contributed by atoms with E-state index in [1.165, 1.54) is 0 Å². The summed E-state index contributed by atoms with van der Waals surface area (Å²) in [4.78, 5) is 38.5. The zero-order valence-corrected chi connectivity index (χ0v) is 19.3. The maximum Gasteiger partial charge on any atom is 0.229 e. The molecular formula is C23H26ClN7O3. The largest absolute Gasteiger partial charge is 0.355 e. The van der Waals surface area contributed by atoms with E-state index in [1.54, 1.807) is 18.3 Å². The van der Waals surface area contributed by atoms with Crippen molar-refractivity contribution in [3.63, 3.8) is 0 Å². The molecule has 2 fully saturated rings. The number of benzene rings is 1. The highest BCUT2D eigenvalue weighted by atomic mass is 35.5. The molecule has 2 aromatic heterocycles. The first-order chi connectivity index (χ1) is 16.5. The average Bonchev–Trinajstić information content (AvgIpc) is 3.46. The number of H-pyrrole nitrogens is 1. The van der Waals surface area contributed by atoms with E-state index >= 15 is 0 Å². The Morgan fingerprint density at radius 3 is 2.79 bits per heavy atom. The SMILES string of the molecule is O=C1CCC(C(=O)Nc2cnn(C3CCN(C(=O)Cc4[nH]nc5cc(Cl)ccc45)CC3)c2)CN1. The molecule has 3 N–H and O–H groups in total. The summed E-state index contributed by atoms with van der Waals surface area (Å²) in [5.74, 6) is -0.274. The third-order valence-electron chi connectivity index (χ3n) is 6.62. The van der Waals surface area contributed by atoms with Gasteiger partial charge in [0.2, 0.25) is 17.7 Å². The maximum absolute atomic E-state index is 12.9. The molecule has 0 radical (unpaired) electrons. The van der Waals surface area contributed by atoms with Gasteiger partial charge in [0.1, 0.15) is 0 Å². The van der Waals surface area contributed by atoms with Crippen molar-refractivity contribution in [3.8, 4) is 0 Å². The van der Waals surface area contributed by atoms with Crippen LogP contribution in [-0.2, 0) is 20.8 Å². The van der Waals surface area contributed by atoms with Gasteiger partial charge in [0.15, 0.2) is 0 Å². The third-order valence-corrected chi connectivity index (χ3v) is 6.86. The topological polar surface area (TPSA) is 125 Å². The molecule has 3 aromatic rings. The molecule has 10 nitrogen and oxygen atoms in total. The molecule has 0 aliphatic carbocycles. The average molecular weight is 484 g/mol. The number of rotatable bonds is 5. The summed E-state index contributed by atoms with van der Waals surface area (Å²) in [7, 11) is 0. The van der Waals surface area contributed by atoms with Crippen molar-refractivity contribution < 1.29 is 14.4 Å². The lowest BCUT2D eigenvalue weighted by atomic mass is 9.98. The molecule has 4 heterocycles. The van der Waals surface area contributed by atoms with Gasteiger partial charge in [-0.25, -0.2) is 0 Å². The Kier molecular flexibility index (Phi) is 6.23. The van der Waals surface area contributed by atoms with Gasteiger partial charge in [0.05, 0.1) is 41.5 Å². The first kappa shape index (κ1) is 22.4. The summed E-state index contributed by atoms with van der Waals surface area (Å²) in [6.07, 6.45) is 6.25. The van der Waals surface area contributed by atoms with E-state index in [1.807, 2.05) is 21.8 Å². The molecule has 0 bridgehead atoms. The van der Waals surface area contributed by atoms with Gasteiger partial charge in [0, 0.05) is 42.7 Å². The van der Waals surface area contributed by atoms with Crippen LogP contribution in [0.15, 0.2) is 30.6 Å². The number of aromatic nitrogens is 4. The fourth-order valence-electron chi connectivity index (χ4n) is 4.62. The van der Waals surface area contributed by atoms with E-state index in [-0.39, 0.29) is 36.1 Å². The van der Waals surface area contributed by atoms with Crippen LogP contribution < -0.4 is 10.6 Å². The maximum atomic E-state index is 12.9. The predicted octanol–water partition coefficient (Wildman–Crippen LogP) is 2.28. The first-order valence-corrected chi connectivity index (χ1v) is 11.9. The number of amides is 3. The van der Waals surface area contributed by atoms with E-state index in [0.29, 0.717) is 43.2 Å². The monoisotopic (exact) mass is 483 g/mol. The number of aromatic amines is 1. The molecule has 0 saturated carbocycles. The molecule has 1 atom stereocenters. The second kappa shape index (κ2) is 9.46. The summed E-state index contributed by atoms with van der Waals surface area (Å²) in [5.41, 5.74) is 2.19. The molecule has 178 valence electrons. The number of likely N-dealkylation sites (tertiary alicyclic amines) is 1. The summed E-state index contributed by atoms with van der Waals surface area (Å²) in [6, 6.07) is 5.63. The van der Waals surface area contributed by atoms with Crippen LogP contribution in [0.2, 0.25) is 5.02 Å². The first-order valence-electron chi connectivity index (χ1n) is 11.5. The summed E-state index contributed by atoms with van der Waals surface area (Å²) >= 11 is 6.02. The Labute approximate surface area is 201 Å². The Morgan fingerprint density at radius 2 is 2.03 bits per heavy atom. The van der Waals surface area contributed by atoms with Crippen molar-refractivity contribution in [2.24, 2.45) is 5.92 Å². The number of hydrogen-bond donors (Lipinski definition) is 3. The minimum Gasteiger partial charge on any atom is -0.355 e. The molecule has 2 aliphatic rings. The van der Waals surface area contributed by atoms with E-state index in [4.69, 9.17) is 11.6 Å². The zero-order chi connectivity index (χ0) is 23.7. The molecule has 0 spiro atoms. The Morgan fingerprint density at radius 1 is 1.21 bits per heavy atom. The quantitative estimate of drug-likeness (QED) is 0.513. The number of carbonyl (C=O) groups is 3. The number of fused-ring (bicyclic) bond motifs is 1. The smallest absolute Gasteiger partial charge is 0.229 e. The zero-order valence-electron chi connectivity index (χ0n) is 18.6. The Balaban J connectivity index is 1.13. The lowest BCUT2D eigenvalue weighted by molar-refractivity contribution is -0.132. The number of anilines is 1. The summed E-state index contributed by atoms with van der Waals surface area (Å²) < 4.78 is 1.87. The van der Waals surface area contributed by atoms with E-state index < -0.39 is 0 Å². The lowest BCUT2D eigenvalue weighted by Gasteiger charge is -2.32. The number of nitrogens with one attached hydrogen (secondary N) is 3. The van der Waals surface area contributed by atoms with Crippen LogP contribution in [-0.4, -0.2) is 62.2 Å². The highest BCUT2D eigenvalue weighted by Gasteiger charge is 2.27. The Hall–Kier alpha value is -3.40. The molecule has 1 unspecified atom stereocenters. The minimum atomic E-state index is -0.223. The highest BCUT2D eigenvalue weighted by molar-refractivity contribution is 6.31. The van der Waals surface area contributed by atoms with Gasteiger partial charge in [-0.2, -0.15) is 10.2 Å². The second-order valence-electron chi connectivity index (χ2n) is 8.89. The van der Waals surface area contributed by atoms with E-state index in [0.717, 1.165) is 29.4 Å². The van der Waals surface area contributed by atoms with Crippen LogP contribution in [0.25, 0.3) is 10.9 Å². The number of piperidine rings is 2. The Bertz CT molecular complexity index is 1220. The van der Waals surface area contributed by atoms with Crippen LogP contribution in [0, 0.1) is 5.92 Å². The van der Waals surface area contributed by atoms with E-state index in [9.17, 15) is 14.4 Å². The van der Waals surface area contributed by atoms with Crippen molar-refractivity contribution in [1.29, 1.82) is 0 Å². The van der Waals surface area contributed by atoms with E-state index in [2.05, 4.69) is 25.9 Å². The molecule has 2 aliphatic heterocycles. The number of halogens is 1. The number of nitrogens with zero attached hydrogens (tertiary/aromatic N) is 4. The predicted molar refractivity (Wildman–Crippen MR) is 126 cm³/mol. The molecule has 11 heteroatoms. The van der Waals surface area contributed by atoms with Crippen LogP contribution in [0.4, 0.5) is 5.69 Å². The standard InChI is InChI=1S/C23H26ClN7O3/c24-15-2-3-18-19(9-15)28-29-20(18)10-22(33)30-7-5-17(6-8-30)31-13-16(12-26-31)27-23(34)14-1-4-21(32)25-11-14/h2-3,9,12-14,17H,1,4-8,10-11H2,(H,25,32)(H,27,34)(H,28,29). The number of hydrogen-bond acceptors (Lipinski definition) is 5. The van der Waals surface area contributed by atoms with Crippen LogP contribution >= 0.6 is 11.6 Å². The second-order valence-corrected chi connectivity index (χ2v) is 9.33. The minimum absolute atomic E-state index is 0.00970. The normalized spacial score (nSPS) is 19.3. The van der Waals surface area contributed by atoms with Crippen molar-refractivity contribution >= 4 is 45.9 Å². The lowest BCUT2D eigenvalue weighted by Crippen LogP contribution is -2.40. The molecule has 34 heavy (non-hydrogen) atoms. The van der Waals surface area contributed by atoms with Gasteiger partial charge in [-0.1, -0.05) is 11.6 Å². The van der Waals surface area contributed by atoms with Crippen molar-refractivity contribution in [2.45, 2.75) is 38.1 Å². The summed E-state index contributed by atoms with van der Waals surface area (Å²) in [6.45, 7) is 1.66. The van der Waals surface area contributed by atoms with Gasteiger partial charge in [0.25, 0.3) is 0 Å². The fourth-order valence-corrected chi connectivity index (χ4v) is 4.79. The van der Waals surface area contributed by atoms with Gasteiger partial charge in [-0.05, 0) is 37.5 Å². The van der Waals surface area contributed by atoms with Crippen molar-refractivity contribution in [3.05, 3.63) is 41.3 Å². The van der Waals surface area contributed by atoms with Gasteiger partial charge >= 0.3 is 0 Å². The van der Waals surface area contributed by atoms with Crippen LogP contribution in [0.1, 0.15) is 37.4 Å². The van der Waals surface area contributed by atoms with Crippen molar-refractivity contribution in [1.82, 2.24) is 30.2 Å². The summed E-state index contributed by atoms with van der Waals surface area (Å²) in [5, 5.41) is 18.8. The molecule has 5 rings (SSSR count). The third kappa shape index (κ3) is 4.77. The van der Waals surface area contributed by atoms with Crippen LogP contribution in [0.3, 0.4) is 0 Å². The molecule has 1 aromatic carbocycles. The number of carbonyl (C=O) groups excluding carboxylic acids is 3. The fraction of sp³-hybridized carbons (Fsp3) is 0.435. The highest BCUT2D eigenvalue weighted by Crippen LogP contribution is 2.25. The van der Waals surface area contributed by atoms with Crippen molar-refractivity contribution in [2.75, 3.05) is 25.0 Å². The van der Waals surface area contributed by atoms with Gasteiger partial charge in [-0.3, -0.25) is 24.2 Å².